The Balaban J connectivity index is 1.66. The minimum atomic E-state index is -0.278. The summed E-state index contributed by atoms with van der Waals surface area (Å²) in [6, 6.07) is 7.21. The Morgan fingerprint density at radius 2 is 2.00 bits per heavy atom. The highest BCUT2D eigenvalue weighted by atomic mass is 32.1. The van der Waals surface area contributed by atoms with Gasteiger partial charge in [-0.1, -0.05) is 6.07 Å². The largest absolute Gasteiger partial charge is 0.459 e. The summed E-state index contributed by atoms with van der Waals surface area (Å²) in [5.74, 6) is -0.00907. The second-order valence-corrected chi connectivity index (χ2v) is 9.09. The van der Waals surface area contributed by atoms with Gasteiger partial charge in [0.25, 0.3) is 5.91 Å². The molecule has 1 saturated heterocycles. The van der Waals surface area contributed by atoms with E-state index < -0.39 is 0 Å². The number of amides is 2. The van der Waals surface area contributed by atoms with Gasteiger partial charge in [0.2, 0.25) is 0 Å². The monoisotopic (exact) mass is 468 g/mol. The molecule has 3 aromatic rings. The van der Waals surface area contributed by atoms with Crippen molar-refractivity contribution in [3.63, 3.8) is 0 Å². The lowest BCUT2D eigenvalue weighted by molar-refractivity contribution is 0.0714. The number of hydrogen-bond acceptors (Lipinski definition) is 7. The fraction of sp³-hybridized carbons (Fsp3) is 0.375. The van der Waals surface area contributed by atoms with Gasteiger partial charge in [0.15, 0.2) is 5.76 Å². The third kappa shape index (κ3) is 4.94. The number of ether oxygens (including phenoxy) is 1. The molecule has 4 heterocycles. The molecule has 3 aromatic heterocycles. The Morgan fingerprint density at radius 1 is 1.21 bits per heavy atom. The minimum Gasteiger partial charge on any atom is -0.459 e. The average molecular weight is 469 g/mol. The predicted molar refractivity (Wildman–Crippen MR) is 127 cm³/mol. The van der Waals surface area contributed by atoms with Crippen LogP contribution in [0.5, 0.6) is 0 Å². The average Bonchev–Trinajstić information content (AvgIpc) is 3.46. The first-order valence-electron chi connectivity index (χ1n) is 11.0. The number of nitrogens with one attached hydrogen (secondary N) is 1. The molecule has 0 aliphatic carbocycles. The smallest absolute Gasteiger partial charge is 0.409 e. The van der Waals surface area contributed by atoms with E-state index in [4.69, 9.17) is 9.15 Å². The van der Waals surface area contributed by atoms with E-state index in [2.05, 4.69) is 35.1 Å². The van der Waals surface area contributed by atoms with Crippen LogP contribution in [-0.4, -0.2) is 59.6 Å². The van der Waals surface area contributed by atoms with Crippen LogP contribution in [0.1, 0.15) is 45.1 Å². The van der Waals surface area contributed by atoms with Crippen LogP contribution < -0.4 is 5.32 Å². The number of pyridine rings is 1. The van der Waals surface area contributed by atoms with E-state index in [0.717, 1.165) is 26.6 Å². The molecule has 1 atom stereocenters. The summed E-state index contributed by atoms with van der Waals surface area (Å²) in [7, 11) is 0. The zero-order valence-electron chi connectivity index (χ0n) is 19.0. The summed E-state index contributed by atoms with van der Waals surface area (Å²) in [4.78, 5) is 34.5. The van der Waals surface area contributed by atoms with Gasteiger partial charge in [-0.25, -0.2) is 4.79 Å². The molecule has 33 heavy (non-hydrogen) atoms. The third-order valence-electron chi connectivity index (χ3n) is 5.88. The molecule has 1 fully saturated rings. The van der Waals surface area contributed by atoms with E-state index in [0.29, 0.717) is 32.8 Å². The van der Waals surface area contributed by atoms with E-state index in [1.165, 1.54) is 6.26 Å². The van der Waals surface area contributed by atoms with Gasteiger partial charge < -0.3 is 19.4 Å². The Hall–Kier alpha value is -3.17. The first-order chi connectivity index (χ1) is 16.0. The number of nitrogens with zero attached hydrogens (tertiary/aromatic N) is 3. The third-order valence-corrected chi connectivity index (χ3v) is 7.02. The fourth-order valence-electron chi connectivity index (χ4n) is 4.11. The molecule has 1 N–H and O–H groups in total. The maximum absolute atomic E-state index is 12.8. The molecule has 9 heteroatoms. The molecule has 0 unspecified atom stereocenters. The van der Waals surface area contributed by atoms with Gasteiger partial charge in [-0.05, 0) is 50.1 Å². The first-order valence-corrected chi connectivity index (χ1v) is 11.8. The van der Waals surface area contributed by atoms with Crippen molar-refractivity contribution >= 4 is 28.3 Å². The van der Waals surface area contributed by atoms with E-state index in [-0.39, 0.29) is 23.8 Å². The van der Waals surface area contributed by atoms with Gasteiger partial charge in [0, 0.05) is 49.0 Å². The van der Waals surface area contributed by atoms with Crippen LogP contribution in [0.15, 0.2) is 47.3 Å². The summed E-state index contributed by atoms with van der Waals surface area (Å²) in [5.41, 5.74) is 3.22. The molecule has 0 bridgehead atoms. The Labute approximate surface area is 197 Å². The molecule has 0 saturated carbocycles. The molecule has 4 rings (SSSR count). The van der Waals surface area contributed by atoms with Gasteiger partial charge in [0.05, 0.1) is 18.9 Å². The van der Waals surface area contributed by atoms with Crippen molar-refractivity contribution in [2.24, 2.45) is 0 Å². The maximum Gasteiger partial charge on any atom is 0.409 e. The zero-order valence-corrected chi connectivity index (χ0v) is 19.9. The zero-order chi connectivity index (χ0) is 23.4. The van der Waals surface area contributed by atoms with Gasteiger partial charge >= 0.3 is 6.09 Å². The van der Waals surface area contributed by atoms with Crippen molar-refractivity contribution in [3.8, 4) is 0 Å². The van der Waals surface area contributed by atoms with E-state index >= 15 is 0 Å². The summed E-state index contributed by atoms with van der Waals surface area (Å²) in [6.45, 7) is 8.83. The second kappa shape index (κ2) is 10.2. The lowest BCUT2D eigenvalue weighted by Gasteiger charge is -2.39. The number of carbonyl (C=O) groups is 2. The SMILES string of the molecule is CCOC(=O)N1CCN([C@@H](c2cccnc2)c2c(NC(=O)c3ccco3)sc(C)c2C)CC1. The number of carbonyl (C=O) groups excluding carboxylic acids is 2. The number of hydrogen-bond donors (Lipinski definition) is 1. The number of aromatic nitrogens is 1. The Kier molecular flexibility index (Phi) is 7.10. The number of piperazine rings is 1. The van der Waals surface area contributed by atoms with E-state index in [9.17, 15) is 9.59 Å². The first kappa shape index (κ1) is 23.0. The number of furan rings is 1. The topological polar surface area (TPSA) is 87.9 Å². The quantitative estimate of drug-likeness (QED) is 0.574. The van der Waals surface area contributed by atoms with Crippen molar-refractivity contribution in [2.75, 3.05) is 38.1 Å². The second-order valence-electron chi connectivity index (χ2n) is 7.87. The van der Waals surface area contributed by atoms with Crippen LogP contribution >= 0.6 is 11.3 Å². The van der Waals surface area contributed by atoms with Gasteiger partial charge in [-0.3, -0.25) is 14.7 Å². The van der Waals surface area contributed by atoms with Crippen LogP contribution in [0.4, 0.5) is 9.80 Å². The number of aryl methyl sites for hydroxylation is 1. The molecule has 8 nitrogen and oxygen atoms in total. The molecule has 0 spiro atoms. The highest BCUT2D eigenvalue weighted by molar-refractivity contribution is 7.16. The molecule has 174 valence electrons. The van der Waals surface area contributed by atoms with E-state index in [1.807, 2.05) is 19.2 Å². The minimum absolute atomic E-state index is 0.111. The molecular weight excluding hydrogens is 440 g/mol. The highest BCUT2D eigenvalue weighted by Gasteiger charge is 2.33. The van der Waals surface area contributed by atoms with Crippen molar-refractivity contribution in [1.82, 2.24) is 14.8 Å². The van der Waals surface area contributed by atoms with Crippen LogP contribution in [0.25, 0.3) is 0 Å². The molecule has 1 aliphatic heterocycles. The molecular formula is C24H28N4O4S. The Bertz CT molecular complexity index is 1090. The van der Waals surface area contributed by atoms with Gasteiger partial charge in [-0.15, -0.1) is 11.3 Å². The molecule has 0 aromatic carbocycles. The van der Waals surface area contributed by atoms with Gasteiger partial charge in [0.1, 0.15) is 5.00 Å². The summed E-state index contributed by atoms with van der Waals surface area (Å²) < 4.78 is 10.5. The predicted octanol–water partition coefficient (Wildman–Crippen LogP) is 4.47. The normalized spacial score (nSPS) is 15.3. The molecule has 0 radical (unpaired) electrons. The Morgan fingerprint density at radius 3 is 2.64 bits per heavy atom. The van der Waals surface area contributed by atoms with Crippen LogP contribution in [0.2, 0.25) is 0 Å². The van der Waals surface area contributed by atoms with Crippen molar-refractivity contribution < 1.29 is 18.7 Å². The number of anilines is 1. The number of thiophene rings is 1. The van der Waals surface area contributed by atoms with Crippen LogP contribution in [0, 0.1) is 13.8 Å². The highest BCUT2D eigenvalue weighted by Crippen LogP contribution is 2.42. The lowest BCUT2D eigenvalue weighted by Crippen LogP contribution is -2.50. The van der Waals surface area contributed by atoms with E-state index in [1.54, 1.807) is 34.6 Å². The molecule has 1 aliphatic rings. The summed E-state index contributed by atoms with van der Waals surface area (Å²) in [6.07, 6.45) is 4.84. The van der Waals surface area contributed by atoms with Crippen LogP contribution in [0.3, 0.4) is 0 Å². The fourth-order valence-corrected chi connectivity index (χ4v) is 5.20. The van der Waals surface area contributed by atoms with Crippen molar-refractivity contribution in [1.29, 1.82) is 0 Å². The van der Waals surface area contributed by atoms with Crippen molar-refractivity contribution in [2.45, 2.75) is 26.8 Å². The summed E-state index contributed by atoms with van der Waals surface area (Å²) >= 11 is 1.56. The van der Waals surface area contributed by atoms with Gasteiger partial charge in [-0.2, -0.15) is 0 Å². The standard InChI is InChI=1S/C24H28N4O4S/c1-4-31-24(30)28-12-10-27(11-13-28)21(18-7-5-9-25-15-18)20-16(2)17(3)33-23(20)26-22(29)19-8-6-14-32-19/h5-9,14-15,21H,4,10-13H2,1-3H3,(H,26,29)/t21-/m0/s1. The van der Waals surface area contributed by atoms with Crippen molar-refractivity contribution in [3.05, 3.63) is 70.3 Å². The number of rotatable bonds is 6. The van der Waals surface area contributed by atoms with Crippen LogP contribution in [-0.2, 0) is 4.74 Å². The lowest BCUT2D eigenvalue weighted by atomic mass is 9.95. The maximum atomic E-state index is 12.8. The molecule has 2 amide bonds. The summed E-state index contributed by atoms with van der Waals surface area (Å²) in [5, 5.41) is 3.86.